The van der Waals surface area contributed by atoms with Crippen LogP contribution in [0.5, 0.6) is 0 Å². The Labute approximate surface area is 165 Å². The van der Waals surface area contributed by atoms with Crippen LogP contribution in [0.1, 0.15) is 25.5 Å². The Morgan fingerprint density at radius 3 is 2.48 bits per heavy atom. The first-order chi connectivity index (χ1) is 13.7. The highest BCUT2D eigenvalue weighted by Gasteiger charge is 2.69. The largest absolute Gasteiger partial charge is 0.376 e. The van der Waals surface area contributed by atoms with Crippen LogP contribution in [0.3, 0.4) is 0 Å². The number of hydrogen-bond donors (Lipinski definition) is 1. The fourth-order valence-corrected chi connectivity index (χ4v) is 4.10. The molecule has 4 unspecified atom stereocenters. The van der Waals surface area contributed by atoms with Crippen LogP contribution in [0.2, 0.25) is 0 Å². The first kappa shape index (κ1) is 19.9. The Morgan fingerprint density at radius 1 is 1.10 bits per heavy atom. The van der Waals surface area contributed by atoms with Crippen LogP contribution >= 0.6 is 0 Å². The van der Waals surface area contributed by atoms with Gasteiger partial charge in [-0.05, 0) is 19.4 Å². The third-order valence-electron chi connectivity index (χ3n) is 5.32. The molecule has 0 spiro atoms. The molecule has 0 bridgehead atoms. The average molecular weight is 408 g/mol. The fourth-order valence-electron chi connectivity index (χ4n) is 4.10. The molecule has 2 fully saturated rings. The van der Waals surface area contributed by atoms with Gasteiger partial charge in [-0.25, -0.2) is 13.6 Å². The van der Waals surface area contributed by atoms with Crippen LogP contribution in [-0.2, 0) is 20.8 Å². The van der Waals surface area contributed by atoms with E-state index in [2.05, 4.69) is 0 Å². The van der Waals surface area contributed by atoms with Gasteiger partial charge in [0, 0.05) is 12.3 Å². The number of ether oxygens (including phenoxy) is 3. The van der Waals surface area contributed by atoms with Crippen LogP contribution in [-0.4, -0.2) is 40.1 Å². The van der Waals surface area contributed by atoms with Crippen molar-refractivity contribution < 1.29 is 23.0 Å². The van der Waals surface area contributed by atoms with Gasteiger partial charge in [0.05, 0.1) is 19.1 Å². The summed E-state index contributed by atoms with van der Waals surface area (Å²) in [4.78, 5) is 25.6. The van der Waals surface area contributed by atoms with Gasteiger partial charge >= 0.3 is 5.69 Å². The quantitative estimate of drug-likeness (QED) is 0.819. The van der Waals surface area contributed by atoms with Crippen LogP contribution in [0.15, 0.2) is 52.2 Å². The summed E-state index contributed by atoms with van der Waals surface area (Å²) in [6, 6.07) is 8.64. The van der Waals surface area contributed by atoms with Crippen LogP contribution in [0, 0.1) is 5.92 Å². The number of nitrogens with zero attached hydrogens (tertiary/aromatic N) is 1. The fraction of sp³-hybridized carbons (Fsp3) is 0.500. The molecule has 1 aliphatic carbocycles. The summed E-state index contributed by atoms with van der Waals surface area (Å²) >= 11 is 0. The minimum Gasteiger partial charge on any atom is -0.376 e. The standard InChI is InChI=1S/C20H22F2N2O5/c1-19(2)28-15-13(11-27-10-12-6-4-3-5-7-12)20(21,22)17(16(15)29-19)24-9-8-14(25)23-18(24)26/h3-9,13,15-17H,10-11H2,1-2H3,(H,23,25,26). The predicted octanol–water partition coefficient (Wildman–Crippen LogP) is 2.08. The molecule has 7 nitrogen and oxygen atoms in total. The van der Waals surface area contributed by atoms with Crippen LogP contribution < -0.4 is 11.2 Å². The molecule has 2 heterocycles. The van der Waals surface area contributed by atoms with E-state index in [1.165, 1.54) is 0 Å². The molecule has 1 aliphatic heterocycles. The molecule has 29 heavy (non-hydrogen) atoms. The second kappa shape index (κ2) is 7.16. The van der Waals surface area contributed by atoms with E-state index in [4.69, 9.17) is 14.2 Å². The van der Waals surface area contributed by atoms with Gasteiger partial charge in [-0.15, -0.1) is 0 Å². The number of aromatic nitrogens is 2. The first-order valence-corrected chi connectivity index (χ1v) is 9.36. The summed E-state index contributed by atoms with van der Waals surface area (Å²) in [6.45, 7) is 3.19. The van der Waals surface area contributed by atoms with Crippen molar-refractivity contribution in [2.24, 2.45) is 5.92 Å². The molecule has 4 atom stereocenters. The number of aromatic amines is 1. The van der Waals surface area contributed by atoms with E-state index in [0.717, 1.165) is 22.4 Å². The zero-order chi connectivity index (χ0) is 20.8. The first-order valence-electron chi connectivity index (χ1n) is 9.36. The molecule has 2 aliphatic rings. The van der Waals surface area contributed by atoms with E-state index in [9.17, 15) is 9.59 Å². The number of H-pyrrole nitrogens is 1. The van der Waals surface area contributed by atoms with Gasteiger partial charge in [0.2, 0.25) is 0 Å². The highest BCUT2D eigenvalue weighted by molar-refractivity contribution is 5.14. The van der Waals surface area contributed by atoms with Crippen molar-refractivity contribution in [2.45, 2.75) is 50.4 Å². The molecule has 9 heteroatoms. The van der Waals surface area contributed by atoms with Crippen molar-refractivity contribution in [1.82, 2.24) is 9.55 Å². The van der Waals surface area contributed by atoms with Gasteiger partial charge < -0.3 is 14.2 Å². The molecule has 1 N–H and O–H groups in total. The number of nitrogens with one attached hydrogen (secondary N) is 1. The van der Waals surface area contributed by atoms with Crippen molar-refractivity contribution in [2.75, 3.05) is 6.61 Å². The molecule has 2 aromatic rings. The van der Waals surface area contributed by atoms with Gasteiger partial charge in [-0.1, -0.05) is 30.3 Å². The lowest BCUT2D eigenvalue weighted by molar-refractivity contribution is -0.204. The summed E-state index contributed by atoms with van der Waals surface area (Å²) in [5, 5.41) is 0. The number of benzene rings is 1. The highest BCUT2D eigenvalue weighted by atomic mass is 19.3. The third-order valence-corrected chi connectivity index (χ3v) is 5.32. The van der Waals surface area contributed by atoms with Gasteiger partial charge in [-0.2, -0.15) is 0 Å². The molecule has 1 aromatic carbocycles. The lowest BCUT2D eigenvalue weighted by Gasteiger charge is -2.30. The summed E-state index contributed by atoms with van der Waals surface area (Å²) in [7, 11) is 0. The second-order valence-corrected chi connectivity index (χ2v) is 7.81. The maximum absolute atomic E-state index is 15.4. The lowest BCUT2D eigenvalue weighted by Crippen LogP contribution is -2.44. The van der Waals surface area contributed by atoms with Gasteiger partial charge in [0.25, 0.3) is 11.5 Å². The number of halogens is 2. The highest BCUT2D eigenvalue weighted by Crippen LogP contribution is 2.54. The van der Waals surface area contributed by atoms with E-state index < -0.39 is 47.1 Å². The maximum atomic E-state index is 15.4. The van der Waals surface area contributed by atoms with Gasteiger partial charge in [0.15, 0.2) is 5.79 Å². The van der Waals surface area contributed by atoms with Crippen LogP contribution in [0.4, 0.5) is 8.78 Å². The lowest BCUT2D eigenvalue weighted by atomic mass is 10.0. The molecule has 4 rings (SSSR count). The smallest absolute Gasteiger partial charge is 0.328 e. The van der Waals surface area contributed by atoms with Gasteiger partial charge in [-0.3, -0.25) is 14.3 Å². The zero-order valence-corrected chi connectivity index (χ0v) is 16.0. The van der Waals surface area contributed by atoms with Crippen molar-refractivity contribution in [3.8, 4) is 0 Å². The van der Waals surface area contributed by atoms with Crippen molar-refractivity contribution in [3.05, 3.63) is 69.0 Å². The van der Waals surface area contributed by atoms with Crippen LogP contribution in [0.25, 0.3) is 0 Å². The Balaban J connectivity index is 1.62. The van der Waals surface area contributed by atoms with E-state index >= 15 is 8.78 Å². The minimum absolute atomic E-state index is 0.179. The normalized spacial score (nSPS) is 29.7. The Hall–Kier alpha value is -2.36. The van der Waals surface area contributed by atoms with E-state index in [1.54, 1.807) is 13.8 Å². The van der Waals surface area contributed by atoms with Crippen molar-refractivity contribution >= 4 is 0 Å². The molecule has 1 aromatic heterocycles. The molecule has 1 saturated carbocycles. The van der Waals surface area contributed by atoms with E-state index in [-0.39, 0.29) is 13.2 Å². The Kier molecular flexibility index (Phi) is 4.92. The summed E-state index contributed by atoms with van der Waals surface area (Å²) in [5.41, 5.74) is -0.710. The van der Waals surface area contributed by atoms with Crippen molar-refractivity contribution in [1.29, 1.82) is 0 Å². The molecule has 0 amide bonds. The van der Waals surface area contributed by atoms with Gasteiger partial charge in [0.1, 0.15) is 18.2 Å². The SMILES string of the molecule is CC1(C)OC2C(O1)C(n1ccc(=O)[nH]c1=O)C(F)(F)C2COCc1ccccc1. The summed E-state index contributed by atoms with van der Waals surface area (Å²) in [6.07, 6.45) is -0.952. The zero-order valence-electron chi connectivity index (χ0n) is 16.0. The molecule has 0 radical (unpaired) electrons. The number of fused-ring (bicyclic) bond motifs is 1. The number of rotatable bonds is 5. The second-order valence-electron chi connectivity index (χ2n) is 7.81. The topological polar surface area (TPSA) is 82.5 Å². The molecule has 1 saturated heterocycles. The Morgan fingerprint density at radius 2 is 1.79 bits per heavy atom. The third kappa shape index (κ3) is 3.65. The average Bonchev–Trinajstić information content (AvgIpc) is 3.04. The number of alkyl halides is 2. The Bertz CT molecular complexity index is 988. The molecular weight excluding hydrogens is 386 g/mol. The molecule has 156 valence electrons. The number of hydrogen-bond acceptors (Lipinski definition) is 5. The van der Waals surface area contributed by atoms with E-state index in [1.807, 2.05) is 35.3 Å². The monoisotopic (exact) mass is 408 g/mol. The van der Waals surface area contributed by atoms with Crippen molar-refractivity contribution in [3.63, 3.8) is 0 Å². The summed E-state index contributed by atoms with van der Waals surface area (Å²) < 4.78 is 48.8. The summed E-state index contributed by atoms with van der Waals surface area (Å²) in [5.74, 6) is -5.75. The minimum atomic E-state index is -3.36. The maximum Gasteiger partial charge on any atom is 0.328 e. The van der Waals surface area contributed by atoms with E-state index in [0.29, 0.717) is 0 Å². The predicted molar refractivity (Wildman–Crippen MR) is 98.7 cm³/mol. The molecular formula is C20H22F2N2O5.